The maximum absolute atomic E-state index is 12.1. The van der Waals surface area contributed by atoms with Gasteiger partial charge in [-0.15, -0.1) is 0 Å². The van der Waals surface area contributed by atoms with Crippen molar-refractivity contribution in [2.24, 2.45) is 0 Å². The largest absolute Gasteiger partial charge is 0.376 e. The van der Waals surface area contributed by atoms with E-state index in [1.54, 1.807) is 0 Å². The zero-order valence-corrected chi connectivity index (χ0v) is 13.5. The third kappa shape index (κ3) is 3.64. The topological polar surface area (TPSA) is 47.4 Å². The van der Waals surface area contributed by atoms with Gasteiger partial charge < -0.3 is 9.64 Å². The molecule has 0 atom stereocenters. The molecule has 1 aromatic heterocycles. The van der Waals surface area contributed by atoms with Crippen LogP contribution in [0.2, 0.25) is 0 Å². The molecule has 0 fully saturated rings. The number of nitrogens with zero attached hydrogens (tertiary/aromatic N) is 3. The lowest BCUT2D eigenvalue weighted by Crippen LogP contribution is -2.30. The number of amides is 1. The molecule has 2 rings (SSSR count). The van der Waals surface area contributed by atoms with E-state index in [2.05, 4.69) is 11.6 Å². The van der Waals surface area contributed by atoms with Crippen LogP contribution in [-0.4, -0.2) is 40.3 Å². The monoisotopic (exact) mass is 293 g/mol. The van der Waals surface area contributed by atoms with E-state index in [1.807, 2.05) is 18.7 Å². The zero-order chi connectivity index (χ0) is 15.2. The summed E-state index contributed by atoms with van der Waals surface area (Å²) in [5, 5.41) is 4.73. The van der Waals surface area contributed by atoms with E-state index >= 15 is 0 Å². The Morgan fingerprint density at radius 3 is 2.76 bits per heavy atom. The molecule has 0 saturated carbocycles. The second-order valence-electron chi connectivity index (χ2n) is 5.46. The molecule has 0 radical (unpaired) electrons. The standard InChI is InChI=1S/C16H27N3O2/c1-4-10-19-15-9-11-21-12-13(15)14(17-19)7-8-16(20)18(5-2)6-3/h4-12H2,1-3H3. The summed E-state index contributed by atoms with van der Waals surface area (Å²) in [4.78, 5) is 14.0. The molecule has 118 valence electrons. The first kappa shape index (κ1) is 16.0. The molecular formula is C16H27N3O2. The highest BCUT2D eigenvalue weighted by atomic mass is 16.5. The maximum Gasteiger partial charge on any atom is 0.222 e. The Labute approximate surface area is 127 Å². The minimum absolute atomic E-state index is 0.218. The van der Waals surface area contributed by atoms with Crippen molar-refractivity contribution in [3.05, 3.63) is 17.0 Å². The molecule has 0 N–H and O–H groups in total. The highest BCUT2D eigenvalue weighted by Gasteiger charge is 2.21. The van der Waals surface area contributed by atoms with Gasteiger partial charge >= 0.3 is 0 Å². The third-order valence-corrected chi connectivity index (χ3v) is 4.11. The second kappa shape index (κ2) is 7.59. The Morgan fingerprint density at radius 1 is 1.33 bits per heavy atom. The summed E-state index contributed by atoms with van der Waals surface area (Å²) < 4.78 is 7.70. The van der Waals surface area contributed by atoms with Gasteiger partial charge in [0, 0.05) is 50.2 Å². The van der Waals surface area contributed by atoms with Crippen molar-refractivity contribution in [1.29, 1.82) is 0 Å². The Balaban J connectivity index is 2.08. The van der Waals surface area contributed by atoms with Crippen molar-refractivity contribution in [2.45, 2.75) is 59.6 Å². The first-order chi connectivity index (χ1) is 10.2. The maximum atomic E-state index is 12.1. The molecular weight excluding hydrogens is 266 g/mol. The van der Waals surface area contributed by atoms with Crippen LogP contribution in [0.5, 0.6) is 0 Å². The number of ether oxygens (including phenoxy) is 1. The van der Waals surface area contributed by atoms with Gasteiger partial charge in [-0.3, -0.25) is 9.48 Å². The fraction of sp³-hybridized carbons (Fsp3) is 0.750. The summed E-state index contributed by atoms with van der Waals surface area (Å²) in [6.45, 7) is 10.1. The average Bonchev–Trinajstić information content (AvgIpc) is 2.85. The number of rotatable bonds is 7. The van der Waals surface area contributed by atoms with Crippen LogP contribution in [0.15, 0.2) is 0 Å². The Kier molecular flexibility index (Phi) is 5.79. The molecule has 1 aliphatic heterocycles. The number of aromatic nitrogens is 2. The molecule has 1 aliphatic rings. The van der Waals surface area contributed by atoms with Gasteiger partial charge in [-0.05, 0) is 20.3 Å². The van der Waals surface area contributed by atoms with Crippen molar-refractivity contribution < 1.29 is 9.53 Å². The molecule has 2 heterocycles. The van der Waals surface area contributed by atoms with Crippen LogP contribution in [0.4, 0.5) is 0 Å². The fourth-order valence-electron chi connectivity index (χ4n) is 2.94. The predicted octanol–water partition coefficient (Wildman–Crippen LogP) is 2.17. The molecule has 0 bridgehead atoms. The van der Waals surface area contributed by atoms with Crippen LogP contribution in [0.3, 0.4) is 0 Å². The van der Waals surface area contributed by atoms with Crippen molar-refractivity contribution in [2.75, 3.05) is 19.7 Å². The van der Waals surface area contributed by atoms with Crippen LogP contribution in [0.1, 0.15) is 50.6 Å². The van der Waals surface area contributed by atoms with Crippen LogP contribution in [0, 0.1) is 0 Å². The number of hydrogen-bond donors (Lipinski definition) is 0. The van der Waals surface area contributed by atoms with Crippen LogP contribution < -0.4 is 0 Å². The SMILES string of the molecule is CCCn1nc(CCC(=O)N(CC)CC)c2c1CCOC2. The minimum atomic E-state index is 0.218. The summed E-state index contributed by atoms with van der Waals surface area (Å²) in [6.07, 6.45) is 3.27. The lowest BCUT2D eigenvalue weighted by atomic mass is 10.1. The van der Waals surface area contributed by atoms with E-state index in [4.69, 9.17) is 9.84 Å². The number of fused-ring (bicyclic) bond motifs is 1. The average molecular weight is 293 g/mol. The van der Waals surface area contributed by atoms with Gasteiger partial charge in [0.25, 0.3) is 0 Å². The minimum Gasteiger partial charge on any atom is -0.376 e. The third-order valence-electron chi connectivity index (χ3n) is 4.11. The predicted molar refractivity (Wildman–Crippen MR) is 82.1 cm³/mol. The van der Waals surface area contributed by atoms with Crippen molar-refractivity contribution in [3.8, 4) is 0 Å². The van der Waals surface area contributed by atoms with E-state index in [0.29, 0.717) is 13.0 Å². The zero-order valence-electron chi connectivity index (χ0n) is 13.5. The van der Waals surface area contributed by atoms with E-state index in [1.165, 1.54) is 11.3 Å². The van der Waals surface area contributed by atoms with E-state index in [-0.39, 0.29) is 5.91 Å². The van der Waals surface area contributed by atoms with Gasteiger partial charge in [0.1, 0.15) is 0 Å². The molecule has 1 amide bonds. The molecule has 5 nitrogen and oxygen atoms in total. The fourth-order valence-corrected chi connectivity index (χ4v) is 2.94. The molecule has 0 aromatic carbocycles. The van der Waals surface area contributed by atoms with Gasteiger partial charge in [-0.1, -0.05) is 6.92 Å². The summed E-state index contributed by atoms with van der Waals surface area (Å²) in [7, 11) is 0. The highest BCUT2D eigenvalue weighted by Crippen LogP contribution is 2.22. The lowest BCUT2D eigenvalue weighted by Gasteiger charge is -2.18. The van der Waals surface area contributed by atoms with Crippen LogP contribution >= 0.6 is 0 Å². The molecule has 0 unspecified atom stereocenters. The van der Waals surface area contributed by atoms with Gasteiger partial charge in [0.05, 0.1) is 18.9 Å². The summed E-state index contributed by atoms with van der Waals surface area (Å²) in [6, 6.07) is 0. The summed E-state index contributed by atoms with van der Waals surface area (Å²) in [5.74, 6) is 0.218. The van der Waals surface area contributed by atoms with E-state index in [0.717, 1.165) is 51.2 Å². The van der Waals surface area contributed by atoms with Gasteiger partial charge in [0.2, 0.25) is 5.91 Å². The summed E-state index contributed by atoms with van der Waals surface area (Å²) >= 11 is 0. The van der Waals surface area contributed by atoms with Crippen LogP contribution in [0.25, 0.3) is 0 Å². The van der Waals surface area contributed by atoms with E-state index < -0.39 is 0 Å². The normalized spacial score (nSPS) is 14.0. The lowest BCUT2D eigenvalue weighted by molar-refractivity contribution is -0.130. The quantitative estimate of drug-likeness (QED) is 0.774. The van der Waals surface area contributed by atoms with Crippen LogP contribution in [-0.2, 0) is 35.5 Å². The first-order valence-corrected chi connectivity index (χ1v) is 8.14. The highest BCUT2D eigenvalue weighted by molar-refractivity contribution is 5.76. The first-order valence-electron chi connectivity index (χ1n) is 8.14. The smallest absolute Gasteiger partial charge is 0.222 e. The number of hydrogen-bond acceptors (Lipinski definition) is 3. The van der Waals surface area contributed by atoms with Crippen molar-refractivity contribution in [1.82, 2.24) is 14.7 Å². The summed E-state index contributed by atoms with van der Waals surface area (Å²) in [5.41, 5.74) is 3.59. The van der Waals surface area contributed by atoms with Gasteiger partial charge in [0.15, 0.2) is 0 Å². The molecule has 0 aliphatic carbocycles. The number of carbonyl (C=O) groups excluding carboxylic acids is 1. The number of carbonyl (C=O) groups is 1. The number of aryl methyl sites for hydroxylation is 2. The van der Waals surface area contributed by atoms with Crippen molar-refractivity contribution in [3.63, 3.8) is 0 Å². The van der Waals surface area contributed by atoms with E-state index in [9.17, 15) is 4.79 Å². The molecule has 0 spiro atoms. The Hall–Kier alpha value is -1.36. The molecule has 5 heteroatoms. The van der Waals surface area contributed by atoms with Gasteiger partial charge in [-0.25, -0.2) is 0 Å². The van der Waals surface area contributed by atoms with Crippen molar-refractivity contribution >= 4 is 5.91 Å². The Morgan fingerprint density at radius 2 is 2.10 bits per heavy atom. The molecule has 1 aromatic rings. The second-order valence-corrected chi connectivity index (χ2v) is 5.46. The van der Waals surface area contributed by atoms with Gasteiger partial charge in [-0.2, -0.15) is 5.10 Å². The molecule has 21 heavy (non-hydrogen) atoms. The Bertz CT molecular complexity index is 478. The molecule has 0 saturated heterocycles.